The van der Waals surface area contributed by atoms with Gasteiger partial charge < -0.3 is 10.3 Å². The second-order valence-corrected chi connectivity index (χ2v) is 6.14. The van der Waals surface area contributed by atoms with E-state index in [-0.39, 0.29) is 11.4 Å². The fourth-order valence-electron chi connectivity index (χ4n) is 3.30. The predicted octanol–water partition coefficient (Wildman–Crippen LogP) is 3.05. The molecule has 3 heterocycles. The maximum atomic E-state index is 13.9. The Bertz CT molecular complexity index is 857. The lowest BCUT2D eigenvalue weighted by molar-refractivity contribution is 0.423. The molecule has 0 fully saturated rings. The van der Waals surface area contributed by atoms with Crippen LogP contribution in [0.5, 0.6) is 0 Å². The minimum absolute atomic E-state index is 0.122. The van der Waals surface area contributed by atoms with E-state index in [0.29, 0.717) is 5.52 Å². The van der Waals surface area contributed by atoms with Gasteiger partial charge in [0.25, 0.3) is 0 Å². The molecule has 5 heteroatoms. The SMILES string of the molecule is Cn1nc2c(c1-c1ccc(F)c3[nH]ccc13)CNC2(C)C. The molecule has 0 radical (unpaired) electrons. The van der Waals surface area contributed by atoms with Gasteiger partial charge in [-0.05, 0) is 32.0 Å². The Hall–Kier alpha value is -2.14. The molecule has 3 aromatic rings. The van der Waals surface area contributed by atoms with E-state index in [4.69, 9.17) is 0 Å². The van der Waals surface area contributed by atoms with E-state index in [0.717, 1.165) is 28.9 Å². The van der Waals surface area contributed by atoms with Crippen molar-refractivity contribution in [1.82, 2.24) is 20.1 Å². The van der Waals surface area contributed by atoms with Gasteiger partial charge in [-0.1, -0.05) is 0 Å². The fraction of sp³-hybridized carbons (Fsp3) is 0.312. The van der Waals surface area contributed by atoms with Gasteiger partial charge in [0.05, 0.1) is 22.4 Å². The van der Waals surface area contributed by atoms with Gasteiger partial charge in [0, 0.05) is 36.3 Å². The van der Waals surface area contributed by atoms with Gasteiger partial charge in [-0.2, -0.15) is 5.10 Å². The van der Waals surface area contributed by atoms with E-state index in [1.54, 1.807) is 6.20 Å². The summed E-state index contributed by atoms with van der Waals surface area (Å²) >= 11 is 0. The maximum absolute atomic E-state index is 13.9. The molecule has 0 bridgehead atoms. The molecule has 0 saturated heterocycles. The first-order valence-electron chi connectivity index (χ1n) is 7.06. The molecule has 1 aliphatic heterocycles. The Morgan fingerprint density at radius 2 is 2.10 bits per heavy atom. The number of aromatic amines is 1. The van der Waals surface area contributed by atoms with E-state index in [1.807, 2.05) is 23.9 Å². The first kappa shape index (κ1) is 12.6. The van der Waals surface area contributed by atoms with Crippen molar-refractivity contribution in [1.29, 1.82) is 0 Å². The monoisotopic (exact) mass is 284 g/mol. The molecule has 0 aliphatic carbocycles. The van der Waals surface area contributed by atoms with Crippen LogP contribution >= 0.6 is 0 Å². The summed E-state index contributed by atoms with van der Waals surface area (Å²) in [5.41, 5.74) is 4.79. The molecule has 0 saturated carbocycles. The van der Waals surface area contributed by atoms with Crippen LogP contribution < -0.4 is 5.32 Å². The molecule has 4 rings (SSSR count). The summed E-state index contributed by atoms with van der Waals surface area (Å²) in [6.07, 6.45) is 1.77. The van der Waals surface area contributed by atoms with Crippen LogP contribution in [-0.4, -0.2) is 14.8 Å². The van der Waals surface area contributed by atoms with Crippen molar-refractivity contribution in [2.75, 3.05) is 0 Å². The van der Waals surface area contributed by atoms with Crippen molar-refractivity contribution >= 4 is 10.9 Å². The van der Waals surface area contributed by atoms with Gasteiger partial charge in [-0.3, -0.25) is 4.68 Å². The topological polar surface area (TPSA) is 45.6 Å². The van der Waals surface area contributed by atoms with Crippen molar-refractivity contribution in [2.45, 2.75) is 25.9 Å². The van der Waals surface area contributed by atoms with Gasteiger partial charge in [0.15, 0.2) is 0 Å². The van der Waals surface area contributed by atoms with Crippen LogP contribution in [0.25, 0.3) is 22.2 Å². The molecule has 1 aromatic carbocycles. The standard InChI is InChI=1S/C16H17FN4/c1-16(2)15-11(8-19-16)14(21(3)20-15)10-4-5-12(17)13-9(10)6-7-18-13/h4-7,18-19H,8H2,1-3H3. The molecule has 4 nitrogen and oxygen atoms in total. The molecule has 2 N–H and O–H groups in total. The fourth-order valence-corrected chi connectivity index (χ4v) is 3.30. The highest BCUT2D eigenvalue weighted by molar-refractivity contribution is 5.95. The third-order valence-corrected chi connectivity index (χ3v) is 4.37. The Balaban J connectivity index is 2.03. The first-order chi connectivity index (χ1) is 9.99. The van der Waals surface area contributed by atoms with Crippen molar-refractivity contribution in [3.05, 3.63) is 41.5 Å². The lowest BCUT2D eigenvalue weighted by atomic mass is 9.98. The predicted molar refractivity (Wildman–Crippen MR) is 80.3 cm³/mol. The number of nitrogens with zero attached hydrogens (tertiary/aromatic N) is 2. The third kappa shape index (κ3) is 1.61. The number of halogens is 1. The number of benzene rings is 1. The summed E-state index contributed by atoms with van der Waals surface area (Å²) in [4.78, 5) is 2.97. The van der Waals surface area contributed by atoms with E-state index in [1.165, 1.54) is 11.6 Å². The molecular formula is C16H17FN4. The molecule has 21 heavy (non-hydrogen) atoms. The maximum Gasteiger partial charge on any atom is 0.147 e. The minimum Gasteiger partial charge on any atom is -0.359 e. The lowest BCUT2D eigenvalue weighted by Gasteiger charge is -2.17. The largest absolute Gasteiger partial charge is 0.359 e. The van der Waals surface area contributed by atoms with Crippen LogP contribution in [-0.2, 0) is 19.1 Å². The summed E-state index contributed by atoms with van der Waals surface area (Å²) in [5, 5.41) is 9.05. The highest BCUT2D eigenvalue weighted by atomic mass is 19.1. The average Bonchev–Trinajstić information content (AvgIpc) is 3.09. The third-order valence-electron chi connectivity index (χ3n) is 4.37. The Morgan fingerprint density at radius 1 is 1.29 bits per heavy atom. The summed E-state index contributed by atoms with van der Waals surface area (Å²) in [7, 11) is 1.95. The molecule has 0 amide bonds. The van der Waals surface area contributed by atoms with E-state index < -0.39 is 0 Å². The molecule has 0 atom stereocenters. The zero-order valence-corrected chi connectivity index (χ0v) is 12.3. The Labute approximate surface area is 122 Å². The van der Waals surface area contributed by atoms with Gasteiger partial charge in [-0.25, -0.2) is 4.39 Å². The number of hydrogen-bond donors (Lipinski definition) is 2. The number of nitrogens with one attached hydrogen (secondary N) is 2. The second-order valence-electron chi connectivity index (χ2n) is 6.14. The number of aromatic nitrogens is 3. The normalized spacial score (nSPS) is 16.6. The summed E-state index contributed by atoms with van der Waals surface area (Å²) < 4.78 is 15.8. The van der Waals surface area contributed by atoms with Crippen molar-refractivity contribution < 1.29 is 4.39 Å². The van der Waals surface area contributed by atoms with Crippen molar-refractivity contribution in [3.8, 4) is 11.3 Å². The van der Waals surface area contributed by atoms with Gasteiger partial charge >= 0.3 is 0 Å². The Morgan fingerprint density at radius 3 is 2.90 bits per heavy atom. The molecule has 2 aromatic heterocycles. The number of fused-ring (bicyclic) bond motifs is 2. The molecular weight excluding hydrogens is 267 g/mol. The van der Waals surface area contributed by atoms with E-state index >= 15 is 0 Å². The quantitative estimate of drug-likeness (QED) is 0.721. The molecule has 0 spiro atoms. The van der Waals surface area contributed by atoms with Crippen LogP contribution in [0.1, 0.15) is 25.1 Å². The van der Waals surface area contributed by atoms with E-state index in [2.05, 4.69) is 29.2 Å². The molecule has 1 aliphatic rings. The van der Waals surface area contributed by atoms with Gasteiger partial charge in [-0.15, -0.1) is 0 Å². The van der Waals surface area contributed by atoms with Crippen LogP contribution in [0.3, 0.4) is 0 Å². The van der Waals surface area contributed by atoms with Crippen molar-refractivity contribution in [2.24, 2.45) is 7.05 Å². The highest BCUT2D eigenvalue weighted by Gasteiger charge is 2.35. The average molecular weight is 284 g/mol. The second kappa shape index (κ2) is 3.95. The van der Waals surface area contributed by atoms with Crippen LogP contribution in [0, 0.1) is 5.82 Å². The number of aryl methyl sites for hydroxylation is 1. The van der Waals surface area contributed by atoms with Crippen LogP contribution in [0.4, 0.5) is 4.39 Å². The van der Waals surface area contributed by atoms with Gasteiger partial charge in [0.2, 0.25) is 0 Å². The molecule has 0 unspecified atom stereocenters. The highest BCUT2D eigenvalue weighted by Crippen LogP contribution is 2.38. The zero-order chi connectivity index (χ0) is 14.8. The minimum atomic E-state index is -0.226. The van der Waals surface area contributed by atoms with E-state index in [9.17, 15) is 4.39 Å². The smallest absolute Gasteiger partial charge is 0.147 e. The van der Waals surface area contributed by atoms with Gasteiger partial charge in [0.1, 0.15) is 5.82 Å². The Kier molecular flexibility index (Phi) is 2.37. The molecule has 108 valence electrons. The summed E-state index contributed by atoms with van der Waals surface area (Å²) in [5.74, 6) is -0.226. The zero-order valence-electron chi connectivity index (χ0n) is 12.3. The van der Waals surface area contributed by atoms with Crippen LogP contribution in [0.15, 0.2) is 24.4 Å². The number of rotatable bonds is 1. The summed E-state index contributed by atoms with van der Waals surface area (Å²) in [6.45, 7) is 5.05. The number of hydrogen-bond acceptors (Lipinski definition) is 2. The van der Waals surface area contributed by atoms with Crippen molar-refractivity contribution in [3.63, 3.8) is 0 Å². The number of H-pyrrole nitrogens is 1. The summed E-state index contributed by atoms with van der Waals surface area (Å²) in [6, 6.07) is 5.27. The first-order valence-corrected chi connectivity index (χ1v) is 7.06. The lowest BCUT2D eigenvalue weighted by Crippen LogP contribution is -2.30. The van der Waals surface area contributed by atoms with Crippen LogP contribution in [0.2, 0.25) is 0 Å².